The molecule has 0 aliphatic rings. The van der Waals surface area contributed by atoms with Crippen LogP contribution in [-0.2, 0) is 0 Å². The molecule has 14 heavy (non-hydrogen) atoms. The normalized spacial score (nSPS) is 14.1. The fraction of sp³-hybridized carbons (Fsp3) is 0.333. The van der Waals surface area contributed by atoms with Crippen molar-refractivity contribution in [2.75, 3.05) is 5.73 Å². The van der Waals surface area contributed by atoms with Crippen molar-refractivity contribution in [3.05, 3.63) is 29.3 Å². The zero-order valence-electron chi connectivity index (χ0n) is 7.60. The maximum atomic E-state index is 12.3. The molecular formula is C9H11F3N2. The first-order valence-electron chi connectivity index (χ1n) is 4.00. The summed E-state index contributed by atoms with van der Waals surface area (Å²) < 4.78 is 36.8. The van der Waals surface area contributed by atoms with Crippen LogP contribution < -0.4 is 11.5 Å². The molecule has 0 amide bonds. The Hall–Kier alpha value is -1.23. The van der Waals surface area contributed by atoms with Crippen molar-refractivity contribution in [1.82, 2.24) is 0 Å². The molecule has 2 nitrogen and oxygen atoms in total. The number of alkyl halides is 3. The Balaban J connectivity index is 3.12. The third-order valence-corrected chi connectivity index (χ3v) is 1.93. The Bertz CT molecular complexity index is 333. The Morgan fingerprint density at radius 2 is 1.86 bits per heavy atom. The van der Waals surface area contributed by atoms with Crippen LogP contribution in [0.15, 0.2) is 18.2 Å². The van der Waals surface area contributed by atoms with Gasteiger partial charge in [0.1, 0.15) is 6.04 Å². The number of rotatable bonds is 1. The Labute approximate surface area is 79.7 Å². The van der Waals surface area contributed by atoms with E-state index in [9.17, 15) is 13.2 Å². The highest BCUT2D eigenvalue weighted by Gasteiger charge is 2.38. The van der Waals surface area contributed by atoms with Crippen LogP contribution in [0.5, 0.6) is 0 Å². The summed E-state index contributed by atoms with van der Waals surface area (Å²) in [6, 6.07) is 2.41. The third kappa shape index (κ3) is 2.17. The van der Waals surface area contributed by atoms with E-state index in [0.717, 1.165) is 0 Å². The zero-order chi connectivity index (χ0) is 10.9. The van der Waals surface area contributed by atoms with E-state index in [-0.39, 0.29) is 11.3 Å². The van der Waals surface area contributed by atoms with Crippen molar-refractivity contribution in [1.29, 1.82) is 0 Å². The van der Waals surface area contributed by atoms with Gasteiger partial charge in [-0.25, -0.2) is 0 Å². The standard InChI is InChI=1S/C9H11F3N2/c1-5-2-3-7(13)6(4-5)8(14)9(10,11)12/h2-4,8H,13-14H2,1H3. The minimum atomic E-state index is -4.46. The first-order valence-corrected chi connectivity index (χ1v) is 4.00. The van der Waals surface area contributed by atoms with E-state index in [1.807, 2.05) is 0 Å². The van der Waals surface area contributed by atoms with Gasteiger partial charge >= 0.3 is 6.18 Å². The molecule has 0 aliphatic carbocycles. The van der Waals surface area contributed by atoms with Crippen molar-refractivity contribution < 1.29 is 13.2 Å². The van der Waals surface area contributed by atoms with Crippen LogP contribution in [0.4, 0.5) is 18.9 Å². The van der Waals surface area contributed by atoms with Gasteiger partial charge in [0.05, 0.1) is 0 Å². The number of benzene rings is 1. The number of nitrogen functional groups attached to an aromatic ring is 1. The molecule has 1 aromatic rings. The Morgan fingerprint density at radius 3 is 2.36 bits per heavy atom. The molecular weight excluding hydrogens is 193 g/mol. The molecule has 0 bridgehead atoms. The number of hydrogen-bond acceptors (Lipinski definition) is 2. The summed E-state index contributed by atoms with van der Waals surface area (Å²) in [6.07, 6.45) is -4.46. The molecule has 1 aromatic carbocycles. The van der Waals surface area contributed by atoms with Gasteiger partial charge in [-0.15, -0.1) is 0 Å². The molecule has 0 saturated heterocycles. The highest BCUT2D eigenvalue weighted by atomic mass is 19.4. The summed E-state index contributed by atoms with van der Waals surface area (Å²) in [5.41, 5.74) is 11.1. The maximum Gasteiger partial charge on any atom is 0.407 e. The minimum Gasteiger partial charge on any atom is -0.398 e. The van der Waals surface area contributed by atoms with E-state index in [0.29, 0.717) is 5.56 Å². The second kappa shape index (κ2) is 3.49. The van der Waals surface area contributed by atoms with E-state index in [2.05, 4.69) is 0 Å². The molecule has 4 N–H and O–H groups in total. The van der Waals surface area contributed by atoms with E-state index in [1.54, 1.807) is 13.0 Å². The van der Waals surface area contributed by atoms with Crippen LogP contribution in [0, 0.1) is 6.92 Å². The quantitative estimate of drug-likeness (QED) is 0.688. The van der Waals surface area contributed by atoms with E-state index in [4.69, 9.17) is 11.5 Å². The van der Waals surface area contributed by atoms with E-state index >= 15 is 0 Å². The van der Waals surface area contributed by atoms with Crippen molar-refractivity contribution in [2.24, 2.45) is 5.73 Å². The van der Waals surface area contributed by atoms with Crippen LogP contribution in [0.25, 0.3) is 0 Å². The highest BCUT2D eigenvalue weighted by molar-refractivity contribution is 5.50. The third-order valence-electron chi connectivity index (χ3n) is 1.93. The maximum absolute atomic E-state index is 12.3. The van der Waals surface area contributed by atoms with E-state index < -0.39 is 12.2 Å². The summed E-state index contributed by atoms with van der Waals surface area (Å²) in [5, 5.41) is 0. The minimum absolute atomic E-state index is 0.0698. The Kier molecular flexibility index (Phi) is 2.71. The summed E-state index contributed by atoms with van der Waals surface area (Å²) in [4.78, 5) is 0. The SMILES string of the molecule is Cc1ccc(N)c(C(N)C(F)(F)F)c1. The lowest BCUT2D eigenvalue weighted by Gasteiger charge is -2.18. The summed E-state index contributed by atoms with van der Waals surface area (Å²) in [7, 11) is 0. The van der Waals surface area contributed by atoms with Gasteiger partial charge in [-0.05, 0) is 13.0 Å². The number of anilines is 1. The predicted molar refractivity (Wildman–Crippen MR) is 48.6 cm³/mol. The van der Waals surface area contributed by atoms with Crippen LogP contribution in [0.2, 0.25) is 0 Å². The van der Waals surface area contributed by atoms with Crippen molar-refractivity contribution in [2.45, 2.75) is 19.1 Å². The molecule has 0 heterocycles. The largest absolute Gasteiger partial charge is 0.407 e. The molecule has 1 atom stereocenters. The smallest absolute Gasteiger partial charge is 0.398 e. The number of nitrogens with two attached hydrogens (primary N) is 2. The lowest BCUT2D eigenvalue weighted by molar-refractivity contribution is -0.149. The van der Waals surface area contributed by atoms with Gasteiger partial charge in [-0.3, -0.25) is 0 Å². The first-order chi connectivity index (χ1) is 6.32. The molecule has 1 unspecified atom stereocenters. The highest BCUT2D eigenvalue weighted by Crippen LogP contribution is 2.33. The second-order valence-electron chi connectivity index (χ2n) is 3.15. The lowest BCUT2D eigenvalue weighted by atomic mass is 10.0. The molecule has 0 radical (unpaired) electrons. The van der Waals surface area contributed by atoms with Crippen molar-refractivity contribution in [3.63, 3.8) is 0 Å². The lowest BCUT2D eigenvalue weighted by Crippen LogP contribution is -2.29. The zero-order valence-corrected chi connectivity index (χ0v) is 7.60. The molecule has 1 rings (SSSR count). The van der Waals surface area contributed by atoms with Gasteiger partial charge in [0.15, 0.2) is 0 Å². The molecule has 0 aromatic heterocycles. The van der Waals surface area contributed by atoms with Crippen LogP contribution >= 0.6 is 0 Å². The fourth-order valence-corrected chi connectivity index (χ4v) is 1.14. The molecule has 0 aliphatic heterocycles. The Morgan fingerprint density at radius 1 is 1.29 bits per heavy atom. The molecule has 0 saturated carbocycles. The number of hydrogen-bond donors (Lipinski definition) is 2. The van der Waals surface area contributed by atoms with Crippen molar-refractivity contribution in [3.8, 4) is 0 Å². The van der Waals surface area contributed by atoms with E-state index in [1.165, 1.54) is 12.1 Å². The molecule has 5 heteroatoms. The van der Waals surface area contributed by atoms with Crippen LogP contribution in [0.3, 0.4) is 0 Å². The van der Waals surface area contributed by atoms with Crippen LogP contribution in [0.1, 0.15) is 17.2 Å². The van der Waals surface area contributed by atoms with Gasteiger partial charge in [-0.1, -0.05) is 17.7 Å². The average Bonchev–Trinajstić information content (AvgIpc) is 2.06. The van der Waals surface area contributed by atoms with Crippen LogP contribution in [-0.4, -0.2) is 6.18 Å². The van der Waals surface area contributed by atoms with Gasteiger partial charge in [0, 0.05) is 11.3 Å². The number of aryl methyl sites for hydroxylation is 1. The van der Waals surface area contributed by atoms with Gasteiger partial charge < -0.3 is 11.5 Å². The number of halogens is 3. The van der Waals surface area contributed by atoms with Gasteiger partial charge in [0.25, 0.3) is 0 Å². The van der Waals surface area contributed by atoms with Crippen molar-refractivity contribution >= 4 is 5.69 Å². The second-order valence-corrected chi connectivity index (χ2v) is 3.15. The topological polar surface area (TPSA) is 52.0 Å². The molecule has 78 valence electrons. The van der Waals surface area contributed by atoms with Gasteiger partial charge in [-0.2, -0.15) is 13.2 Å². The summed E-state index contributed by atoms with van der Waals surface area (Å²) in [6.45, 7) is 1.69. The average molecular weight is 204 g/mol. The van der Waals surface area contributed by atoms with Gasteiger partial charge in [0.2, 0.25) is 0 Å². The monoisotopic (exact) mass is 204 g/mol. The summed E-state index contributed by atoms with van der Waals surface area (Å²) in [5.74, 6) is 0. The molecule has 0 spiro atoms. The first kappa shape index (κ1) is 10.8. The fourth-order valence-electron chi connectivity index (χ4n) is 1.14. The summed E-state index contributed by atoms with van der Waals surface area (Å²) >= 11 is 0. The predicted octanol–water partition coefficient (Wildman–Crippen LogP) is 2.14. The molecule has 0 fully saturated rings.